The van der Waals surface area contributed by atoms with E-state index in [2.05, 4.69) is 9.88 Å². The number of piperidine rings is 1. The number of hydrogen-bond donors (Lipinski definition) is 0. The highest BCUT2D eigenvalue weighted by molar-refractivity contribution is 5.95. The van der Waals surface area contributed by atoms with Crippen molar-refractivity contribution in [1.82, 2.24) is 14.8 Å². The Labute approximate surface area is 170 Å². The number of likely N-dealkylation sites (tertiary alicyclic amines) is 2. The quantitative estimate of drug-likeness (QED) is 0.779. The molecule has 2 saturated heterocycles. The Morgan fingerprint density at radius 3 is 2.59 bits per heavy atom. The lowest BCUT2D eigenvalue weighted by atomic mass is 9.83. The van der Waals surface area contributed by atoms with Gasteiger partial charge in [-0.2, -0.15) is 0 Å². The summed E-state index contributed by atoms with van der Waals surface area (Å²) < 4.78 is 27.3. The van der Waals surface area contributed by atoms with E-state index in [-0.39, 0.29) is 5.91 Å². The first kappa shape index (κ1) is 20.0. The topological polar surface area (TPSA) is 36.4 Å². The van der Waals surface area contributed by atoms with Gasteiger partial charge in [-0.1, -0.05) is 12.1 Å². The van der Waals surface area contributed by atoms with Gasteiger partial charge in [0.1, 0.15) is 0 Å². The summed E-state index contributed by atoms with van der Waals surface area (Å²) in [5.41, 5.74) is 1.90. The number of benzene rings is 1. The molecule has 1 unspecified atom stereocenters. The molecule has 2 aliphatic rings. The molecule has 154 valence electrons. The van der Waals surface area contributed by atoms with Gasteiger partial charge in [0.2, 0.25) is 0 Å². The average Bonchev–Trinajstić information content (AvgIpc) is 3.22. The minimum Gasteiger partial charge on any atom is -0.338 e. The van der Waals surface area contributed by atoms with E-state index in [4.69, 9.17) is 0 Å². The van der Waals surface area contributed by atoms with Crippen LogP contribution in [0.5, 0.6) is 0 Å². The van der Waals surface area contributed by atoms with Gasteiger partial charge < -0.3 is 4.90 Å². The fourth-order valence-electron chi connectivity index (χ4n) is 4.73. The number of carbonyl (C=O) groups excluding carboxylic acids is 1. The molecule has 0 N–H and O–H groups in total. The fourth-order valence-corrected chi connectivity index (χ4v) is 4.73. The Morgan fingerprint density at radius 1 is 1.07 bits per heavy atom. The normalized spacial score (nSPS) is 20.9. The van der Waals surface area contributed by atoms with Gasteiger partial charge in [0.05, 0.1) is 5.56 Å². The summed E-state index contributed by atoms with van der Waals surface area (Å²) >= 11 is 0. The lowest BCUT2D eigenvalue weighted by molar-refractivity contribution is 0.0771. The lowest BCUT2D eigenvalue weighted by Crippen LogP contribution is -2.37. The zero-order chi connectivity index (χ0) is 20.4. The van der Waals surface area contributed by atoms with Crippen molar-refractivity contribution in [2.45, 2.75) is 32.7 Å². The van der Waals surface area contributed by atoms with Gasteiger partial charge in [-0.05, 0) is 69.3 Å². The lowest BCUT2D eigenvalue weighted by Gasteiger charge is -2.35. The van der Waals surface area contributed by atoms with Crippen molar-refractivity contribution in [2.24, 2.45) is 11.8 Å². The van der Waals surface area contributed by atoms with Crippen LogP contribution in [-0.4, -0.2) is 46.9 Å². The third-order valence-electron chi connectivity index (χ3n) is 6.47. The predicted octanol–water partition coefficient (Wildman–Crippen LogP) is 4.04. The Hall–Kier alpha value is -2.34. The van der Waals surface area contributed by atoms with E-state index in [1.165, 1.54) is 0 Å². The SMILES string of the molecule is Cc1ncccc1C(=O)N1CCC(C2CCN(Cc3cccc(F)c3F)CC2)C1. The van der Waals surface area contributed by atoms with E-state index in [9.17, 15) is 13.6 Å². The smallest absolute Gasteiger partial charge is 0.255 e. The zero-order valence-corrected chi connectivity index (χ0v) is 16.8. The van der Waals surface area contributed by atoms with Crippen molar-refractivity contribution in [2.75, 3.05) is 26.2 Å². The molecule has 0 spiro atoms. The second-order valence-electron chi connectivity index (χ2n) is 8.26. The van der Waals surface area contributed by atoms with Crippen LogP contribution >= 0.6 is 0 Å². The van der Waals surface area contributed by atoms with Crippen molar-refractivity contribution in [3.8, 4) is 0 Å². The molecular weight excluding hydrogens is 372 g/mol. The van der Waals surface area contributed by atoms with Gasteiger partial charge >= 0.3 is 0 Å². The molecule has 4 rings (SSSR count). The first-order valence-corrected chi connectivity index (χ1v) is 10.4. The van der Waals surface area contributed by atoms with E-state index in [1.807, 2.05) is 24.0 Å². The molecule has 0 aliphatic carbocycles. The molecule has 0 saturated carbocycles. The fraction of sp³-hybridized carbons (Fsp3) is 0.478. The maximum absolute atomic E-state index is 13.9. The third-order valence-corrected chi connectivity index (χ3v) is 6.47. The molecule has 1 amide bonds. The van der Waals surface area contributed by atoms with Gasteiger partial charge in [-0.15, -0.1) is 0 Å². The van der Waals surface area contributed by atoms with Crippen LogP contribution in [0.25, 0.3) is 0 Å². The molecule has 0 bridgehead atoms. The standard InChI is InChI=1S/C23H27F2N3O/c1-16-20(5-3-10-26-16)23(29)28-13-9-18(15-28)17-7-11-27(12-8-17)14-19-4-2-6-21(24)22(19)25/h2-6,10,17-18H,7-9,11-15H2,1H3. The largest absolute Gasteiger partial charge is 0.338 e. The van der Waals surface area contributed by atoms with Crippen molar-refractivity contribution in [3.63, 3.8) is 0 Å². The van der Waals surface area contributed by atoms with E-state index in [0.29, 0.717) is 29.5 Å². The number of rotatable bonds is 4. The molecule has 3 heterocycles. The summed E-state index contributed by atoms with van der Waals surface area (Å²) in [6.45, 7) is 5.69. The van der Waals surface area contributed by atoms with Gasteiger partial charge in [-0.3, -0.25) is 14.7 Å². The number of hydrogen-bond acceptors (Lipinski definition) is 3. The summed E-state index contributed by atoms with van der Waals surface area (Å²) in [6.07, 6.45) is 4.82. The Balaban J connectivity index is 1.30. The molecular formula is C23H27F2N3O. The molecule has 1 aromatic heterocycles. The van der Waals surface area contributed by atoms with E-state index in [1.54, 1.807) is 18.3 Å². The van der Waals surface area contributed by atoms with E-state index in [0.717, 1.165) is 57.2 Å². The second kappa shape index (κ2) is 8.57. The number of aromatic nitrogens is 1. The Bertz CT molecular complexity index is 880. The Morgan fingerprint density at radius 2 is 1.83 bits per heavy atom. The molecule has 2 aliphatic heterocycles. The number of pyridine rings is 1. The molecule has 1 atom stereocenters. The van der Waals surface area contributed by atoms with Crippen LogP contribution in [-0.2, 0) is 6.54 Å². The Kier molecular flexibility index (Phi) is 5.90. The van der Waals surface area contributed by atoms with Crippen molar-refractivity contribution >= 4 is 5.91 Å². The zero-order valence-electron chi connectivity index (χ0n) is 16.8. The van der Waals surface area contributed by atoms with E-state index < -0.39 is 11.6 Å². The van der Waals surface area contributed by atoms with Crippen molar-refractivity contribution in [1.29, 1.82) is 0 Å². The minimum absolute atomic E-state index is 0.0807. The summed E-state index contributed by atoms with van der Waals surface area (Å²) in [6, 6.07) is 8.04. The highest BCUT2D eigenvalue weighted by Crippen LogP contribution is 2.33. The molecule has 2 fully saturated rings. The number of nitrogens with zero attached hydrogens (tertiary/aromatic N) is 3. The third kappa shape index (κ3) is 4.32. The molecule has 1 aromatic carbocycles. The van der Waals surface area contributed by atoms with Crippen LogP contribution in [0.15, 0.2) is 36.5 Å². The van der Waals surface area contributed by atoms with Crippen LogP contribution in [0.3, 0.4) is 0 Å². The summed E-state index contributed by atoms with van der Waals surface area (Å²) in [5, 5.41) is 0. The summed E-state index contributed by atoms with van der Waals surface area (Å²) in [5.74, 6) is -0.334. The predicted molar refractivity (Wildman–Crippen MR) is 107 cm³/mol. The van der Waals surface area contributed by atoms with Gasteiger partial charge in [0.15, 0.2) is 11.6 Å². The summed E-state index contributed by atoms with van der Waals surface area (Å²) in [7, 11) is 0. The van der Waals surface area contributed by atoms with Crippen molar-refractivity contribution in [3.05, 3.63) is 65.0 Å². The maximum atomic E-state index is 13.9. The van der Waals surface area contributed by atoms with Gasteiger partial charge in [-0.25, -0.2) is 8.78 Å². The van der Waals surface area contributed by atoms with Crippen LogP contribution in [0.4, 0.5) is 8.78 Å². The van der Waals surface area contributed by atoms with Crippen LogP contribution in [0, 0.1) is 30.4 Å². The molecule has 6 heteroatoms. The van der Waals surface area contributed by atoms with Crippen LogP contribution < -0.4 is 0 Å². The second-order valence-corrected chi connectivity index (χ2v) is 8.26. The minimum atomic E-state index is -0.781. The number of aryl methyl sites for hydroxylation is 1. The van der Waals surface area contributed by atoms with Crippen LogP contribution in [0.2, 0.25) is 0 Å². The first-order chi connectivity index (χ1) is 14.0. The monoisotopic (exact) mass is 399 g/mol. The highest BCUT2D eigenvalue weighted by Gasteiger charge is 2.34. The van der Waals surface area contributed by atoms with Crippen LogP contribution in [0.1, 0.15) is 40.9 Å². The molecule has 0 radical (unpaired) electrons. The van der Waals surface area contributed by atoms with E-state index >= 15 is 0 Å². The number of amides is 1. The summed E-state index contributed by atoms with van der Waals surface area (Å²) in [4.78, 5) is 21.2. The number of halogens is 2. The molecule has 29 heavy (non-hydrogen) atoms. The average molecular weight is 399 g/mol. The number of carbonyl (C=O) groups is 1. The molecule has 4 nitrogen and oxygen atoms in total. The van der Waals surface area contributed by atoms with Crippen molar-refractivity contribution < 1.29 is 13.6 Å². The first-order valence-electron chi connectivity index (χ1n) is 10.4. The van der Waals surface area contributed by atoms with Gasteiger partial charge in [0, 0.05) is 37.1 Å². The maximum Gasteiger partial charge on any atom is 0.255 e. The van der Waals surface area contributed by atoms with Gasteiger partial charge in [0.25, 0.3) is 5.91 Å². The molecule has 2 aromatic rings. The highest BCUT2D eigenvalue weighted by atomic mass is 19.2.